The molecule has 2 nitrogen and oxygen atoms in total. The second-order valence-electron chi connectivity index (χ2n) is 5.93. The third-order valence-electron chi connectivity index (χ3n) is 4.41. The molecular weight excluding hydrogens is 252 g/mol. The van der Waals surface area contributed by atoms with Crippen LogP contribution in [0.25, 0.3) is 0 Å². The van der Waals surface area contributed by atoms with Gasteiger partial charge in [-0.3, -0.25) is 0 Å². The minimum Gasteiger partial charge on any atom is -0.526 e. The molecule has 0 aliphatic heterocycles. The van der Waals surface area contributed by atoms with Crippen molar-refractivity contribution in [2.45, 2.75) is 64.2 Å². The summed E-state index contributed by atoms with van der Waals surface area (Å²) in [6.45, 7) is 0. The Labute approximate surface area is 119 Å². The van der Waals surface area contributed by atoms with Crippen LogP contribution in [0.4, 0.5) is 0 Å². The van der Waals surface area contributed by atoms with Gasteiger partial charge in [0.25, 0.3) is 0 Å². The largest absolute Gasteiger partial charge is 0.526 e. The Morgan fingerprint density at radius 2 is 1.42 bits per heavy atom. The molecule has 0 bridgehead atoms. The molecular formula is C16H28O2Si. The monoisotopic (exact) mass is 280 g/mol. The minimum atomic E-state index is -1.20. The zero-order valence-electron chi connectivity index (χ0n) is 12.3. The predicted molar refractivity (Wildman–Crippen MR) is 82.2 cm³/mol. The van der Waals surface area contributed by atoms with Crippen LogP contribution < -0.4 is 0 Å². The normalized spacial score (nSPS) is 23.7. The van der Waals surface area contributed by atoms with E-state index in [0.717, 1.165) is 11.8 Å². The van der Waals surface area contributed by atoms with Gasteiger partial charge in [0.1, 0.15) is 0 Å². The van der Waals surface area contributed by atoms with Crippen molar-refractivity contribution in [3.05, 3.63) is 12.3 Å². The number of hydrogen-bond donors (Lipinski definition) is 0. The molecule has 2 saturated carbocycles. The highest BCUT2D eigenvalue weighted by Gasteiger charge is 2.14. The summed E-state index contributed by atoms with van der Waals surface area (Å²) in [5.74, 6) is 1.47. The van der Waals surface area contributed by atoms with Gasteiger partial charge >= 0.3 is 8.90 Å². The van der Waals surface area contributed by atoms with Crippen LogP contribution >= 0.6 is 0 Å². The zero-order chi connectivity index (χ0) is 13.3. The van der Waals surface area contributed by atoms with Crippen molar-refractivity contribution < 1.29 is 8.85 Å². The average Bonchev–Trinajstić information content (AvgIpc) is 2.81. The van der Waals surface area contributed by atoms with E-state index in [1.165, 1.54) is 64.2 Å². The molecule has 0 saturated heterocycles. The van der Waals surface area contributed by atoms with Gasteiger partial charge in [0.05, 0.1) is 13.4 Å². The van der Waals surface area contributed by atoms with Gasteiger partial charge in [-0.2, -0.15) is 0 Å². The molecule has 0 atom stereocenters. The molecule has 0 aromatic carbocycles. The highest BCUT2D eigenvalue weighted by Crippen LogP contribution is 2.25. The van der Waals surface area contributed by atoms with Crippen LogP contribution in [0.3, 0.4) is 0 Å². The van der Waals surface area contributed by atoms with Crippen LogP contribution in [0.15, 0.2) is 12.3 Å². The summed E-state index contributed by atoms with van der Waals surface area (Å²) in [6, 6.07) is 0. The number of rotatable bonds is 5. The molecule has 0 spiro atoms. The summed E-state index contributed by atoms with van der Waals surface area (Å²) in [7, 11) is 0.581. The van der Waals surface area contributed by atoms with E-state index in [1.54, 1.807) is 7.11 Å². The van der Waals surface area contributed by atoms with Crippen LogP contribution in [-0.2, 0) is 8.85 Å². The van der Waals surface area contributed by atoms with E-state index in [-0.39, 0.29) is 0 Å². The summed E-state index contributed by atoms with van der Waals surface area (Å²) in [6.07, 6.45) is 17.8. The summed E-state index contributed by atoms with van der Waals surface area (Å²) in [4.78, 5) is 0. The van der Waals surface area contributed by atoms with Crippen LogP contribution in [-0.4, -0.2) is 21.7 Å². The Balaban J connectivity index is 1.80. The van der Waals surface area contributed by atoms with Crippen LogP contribution in [0, 0.1) is 11.8 Å². The Morgan fingerprint density at radius 1 is 0.842 bits per heavy atom. The van der Waals surface area contributed by atoms with Gasteiger partial charge in [0.15, 0.2) is 0 Å². The average molecular weight is 280 g/mol. The molecule has 0 amide bonds. The molecule has 0 aromatic heterocycles. The van der Waals surface area contributed by atoms with Gasteiger partial charge in [0, 0.05) is 0 Å². The fourth-order valence-electron chi connectivity index (χ4n) is 3.19. The molecule has 19 heavy (non-hydrogen) atoms. The van der Waals surface area contributed by atoms with Crippen molar-refractivity contribution in [1.29, 1.82) is 0 Å². The zero-order valence-corrected chi connectivity index (χ0v) is 13.3. The second-order valence-corrected chi connectivity index (χ2v) is 7.55. The van der Waals surface area contributed by atoms with Crippen molar-refractivity contribution in [2.75, 3.05) is 7.11 Å². The van der Waals surface area contributed by atoms with E-state index in [0.29, 0.717) is 0 Å². The standard InChI is InChI=1S/C16H28O2Si/c1-17-19(14-16-10-4-2-3-5-11-16)18-13-12-15-8-6-7-9-15/h12-16H,2-11H2,1H3. The van der Waals surface area contributed by atoms with Crippen molar-refractivity contribution in [3.63, 3.8) is 0 Å². The smallest absolute Gasteiger partial charge is 0.480 e. The van der Waals surface area contributed by atoms with Gasteiger partial charge < -0.3 is 8.85 Å². The molecule has 3 heteroatoms. The van der Waals surface area contributed by atoms with E-state index < -0.39 is 8.90 Å². The lowest BCUT2D eigenvalue weighted by Crippen LogP contribution is -2.17. The maximum Gasteiger partial charge on any atom is 0.480 e. The predicted octanol–water partition coefficient (Wildman–Crippen LogP) is 4.20. The van der Waals surface area contributed by atoms with E-state index in [4.69, 9.17) is 8.85 Å². The maximum atomic E-state index is 5.84. The summed E-state index contributed by atoms with van der Waals surface area (Å²) in [5, 5.41) is 0. The van der Waals surface area contributed by atoms with E-state index in [9.17, 15) is 0 Å². The van der Waals surface area contributed by atoms with Crippen molar-refractivity contribution in [3.8, 4) is 0 Å². The van der Waals surface area contributed by atoms with Gasteiger partial charge in [-0.05, 0) is 49.3 Å². The highest BCUT2D eigenvalue weighted by molar-refractivity contribution is 6.54. The molecule has 108 valence electrons. The fourth-order valence-corrected chi connectivity index (χ4v) is 4.43. The summed E-state index contributed by atoms with van der Waals surface area (Å²) < 4.78 is 11.4. The quantitative estimate of drug-likeness (QED) is 0.427. The van der Waals surface area contributed by atoms with Crippen LogP contribution in [0.2, 0.25) is 0 Å². The molecule has 0 aromatic rings. The van der Waals surface area contributed by atoms with E-state index >= 15 is 0 Å². The lowest BCUT2D eigenvalue weighted by molar-refractivity contribution is 0.329. The number of allylic oxidation sites excluding steroid dienone is 1. The van der Waals surface area contributed by atoms with Gasteiger partial charge in [-0.25, -0.2) is 0 Å². The minimum absolute atomic E-state index is 0.719. The molecule has 2 rings (SSSR count). The van der Waals surface area contributed by atoms with E-state index in [2.05, 4.69) is 11.7 Å². The Hall–Kier alpha value is -0.573. The first-order valence-electron chi connectivity index (χ1n) is 7.97. The fraction of sp³-hybridized carbons (Fsp3) is 0.812. The SMILES string of the molecule is CO[Si](=CC1CCCCCC1)OC=CC1CCCC1. The molecule has 2 aliphatic rings. The molecule has 0 radical (unpaired) electrons. The Morgan fingerprint density at radius 3 is 2.05 bits per heavy atom. The van der Waals surface area contributed by atoms with Crippen LogP contribution in [0.1, 0.15) is 64.2 Å². The molecule has 0 N–H and O–H groups in total. The summed E-state index contributed by atoms with van der Waals surface area (Å²) >= 11 is 0. The first-order valence-corrected chi connectivity index (χ1v) is 9.37. The Kier molecular flexibility index (Phi) is 6.69. The first kappa shape index (κ1) is 14.8. The van der Waals surface area contributed by atoms with Gasteiger partial charge in [-0.1, -0.05) is 38.5 Å². The topological polar surface area (TPSA) is 18.5 Å². The van der Waals surface area contributed by atoms with Gasteiger partial charge in [0.2, 0.25) is 0 Å². The third-order valence-corrected chi connectivity index (χ3v) is 5.92. The Bertz CT molecular complexity index is 298. The highest BCUT2D eigenvalue weighted by atomic mass is 28.3. The lowest BCUT2D eigenvalue weighted by Gasteiger charge is -2.10. The maximum absolute atomic E-state index is 5.84. The first-order chi connectivity index (χ1) is 9.38. The molecule has 2 fully saturated rings. The number of hydrogen-bond acceptors (Lipinski definition) is 2. The summed E-state index contributed by atoms with van der Waals surface area (Å²) in [5.41, 5.74) is 2.37. The molecule has 0 unspecified atom stereocenters. The molecule has 2 aliphatic carbocycles. The van der Waals surface area contributed by atoms with Crippen molar-refractivity contribution >= 4 is 14.6 Å². The lowest BCUT2D eigenvalue weighted by atomic mass is 10.0. The van der Waals surface area contributed by atoms with Crippen LogP contribution in [0.5, 0.6) is 0 Å². The second kappa shape index (κ2) is 8.57. The van der Waals surface area contributed by atoms with E-state index in [1.807, 2.05) is 6.26 Å². The van der Waals surface area contributed by atoms with Crippen molar-refractivity contribution in [2.24, 2.45) is 11.8 Å². The molecule has 0 heterocycles. The third kappa shape index (κ3) is 5.51. The van der Waals surface area contributed by atoms with Crippen molar-refractivity contribution in [1.82, 2.24) is 0 Å². The van der Waals surface area contributed by atoms with Gasteiger partial charge in [-0.15, -0.1) is 0 Å².